The second-order valence-corrected chi connectivity index (χ2v) is 14.4. The summed E-state index contributed by atoms with van der Waals surface area (Å²) >= 11 is 6.85. The first-order valence-electron chi connectivity index (χ1n) is 18.9. The van der Waals surface area contributed by atoms with Crippen molar-refractivity contribution in [2.24, 2.45) is 5.92 Å². The van der Waals surface area contributed by atoms with Crippen molar-refractivity contribution >= 4 is 17.6 Å². The minimum absolute atomic E-state index is 0.0753. The molecule has 6 rings (SSSR count). The van der Waals surface area contributed by atoms with Crippen molar-refractivity contribution < 1.29 is 29.2 Å². The van der Waals surface area contributed by atoms with Crippen molar-refractivity contribution in [2.75, 3.05) is 26.3 Å². The molecule has 4 aromatic carbocycles. The molecule has 290 valence electrons. The Kier molecular flexibility index (Phi) is 14.0. The van der Waals surface area contributed by atoms with E-state index in [1.807, 2.05) is 24.3 Å². The summed E-state index contributed by atoms with van der Waals surface area (Å²) in [6, 6.07) is 28.3. The van der Waals surface area contributed by atoms with E-state index in [1.165, 1.54) is 6.20 Å². The first-order valence-corrected chi connectivity index (χ1v) is 19.2. The summed E-state index contributed by atoms with van der Waals surface area (Å²) in [5.41, 5.74) is 9.76. The van der Waals surface area contributed by atoms with Gasteiger partial charge in [0.2, 0.25) is 0 Å². The normalized spacial score (nSPS) is 15.0. The molecule has 4 N–H and O–H groups in total. The maximum absolute atomic E-state index is 11.5. The van der Waals surface area contributed by atoms with Crippen LogP contribution in [0, 0.1) is 31.1 Å². The Morgan fingerprint density at radius 3 is 2.38 bits per heavy atom. The molecule has 56 heavy (non-hydrogen) atoms. The molecule has 0 unspecified atom stereocenters. The first-order chi connectivity index (χ1) is 27.2. The third-order valence-electron chi connectivity index (χ3n) is 10.3. The molecule has 1 fully saturated rings. The van der Waals surface area contributed by atoms with E-state index in [0.29, 0.717) is 61.2 Å². The maximum Gasteiger partial charge on any atom is 0.306 e. The van der Waals surface area contributed by atoms with E-state index in [4.69, 9.17) is 30.9 Å². The van der Waals surface area contributed by atoms with Gasteiger partial charge < -0.3 is 35.1 Å². The fourth-order valence-corrected chi connectivity index (χ4v) is 7.34. The zero-order valence-corrected chi connectivity index (χ0v) is 32.4. The number of hydrogen-bond acceptors (Lipinski definition) is 9. The number of carboxylic acid groups (broad SMARTS) is 1. The number of nitrogens with zero attached hydrogens (tertiary/aromatic N) is 2. The number of aliphatic hydroxyl groups is 1. The molecule has 1 aromatic heterocycles. The lowest BCUT2D eigenvalue weighted by Gasteiger charge is -2.19. The highest BCUT2D eigenvalue weighted by atomic mass is 35.5. The van der Waals surface area contributed by atoms with Crippen LogP contribution in [0.3, 0.4) is 0 Å². The van der Waals surface area contributed by atoms with Crippen molar-refractivity contribution in [2.45, 2.75) is 58.9 Å². The van der Waals surface area contributed by atoms with Gasteiger partial charge in [0.05, 0.1) is 23.1 Å². The average molecular weight is 775 g/mol. The van der Waals surface area contributed by atoms with Crippen LogP contribution in [0.25, 0.3) is 22.3 Å². The molecule has 5 aromatic rings. The molecule has 1 heterocycles. The summed E-state index contributed by atoms with van der Waals surface area (Å²) < 4.78 is 18.5. The van der Waals surface area contributed by atoms with Gasteiger partial charge in [-0.15, -0.1) is 0 Å². The van der Waals surface area contributed by atoms with Gasteiger partial charge in [0.15, 0.2) is 0 Å². The number of nitrogens with one attached hydrogen (secondary N) is 2. The van der Waals surface area contributed by atoms with Gasteiger partial charge >= 0.3 is 5.97 Å². The Balaban J connectivity index is 1.18. The Bertz CT molecular complexity index is 2170. The molecular weight excluding hydrogens is 728 g/mol. The standard InChI is InChI=1S/C45H47ClN4O6/c1-29-35(5-3-7-40(29)41-8-4-6-39(30(41)2)33-10-13-38(14-11-33)54-18-16-48-15-17-51)28-56-44-22-43(55-27-32-19-31(23-47)24-49-25-32)36(21-42(44)46)26-50-37-12-9-34(20-37)45(52)53/h3-8,10-11,13-14,19,21-22,24-25,34,37,48,50-51H,9,12,15-18,20,26-28H2,1-2H3,(H,52,53)/t34-,37+/m1/s1. The molecule has 1 saturated carbocycles. The lowest BCUT2D eigenvalue weighted by molar-refractivity contribution is -0.141. The molecule has 0 bridgehead atoms. The second kappa shape index (κ2) is 19.4. The minimum atomic E-state index is -0.756. The van der Waals surface area contributed by atoms with Gasteiger partial charge in [-0.25, -0.2) is 0 Å². The van der Waals surface area contributed by atoms with E-state index < -0.39 is 5.97 Å². The van der Waals surface area contributed by atoms with Crippen LogP contribution in [0.2, 0.25) is 5.02 Å². The van der Waals surface area contributed by atoms with E-state index in [-0.39, 0.29) is 31.8 Å². The SMILES string of the molecule is Cc1c(COc2cc(OCc3cncc(C#N)c3)c(CN[C@H]3CC[C@@H](C(=O)O)C3)cc2Cl)cccc1-c1cccc(-c2ccc(OCCNCCO)cc2)c1C. The van der Waals surface area contributed by atoms with E-state index in [1.54, 1.807) is 18.3 Å². The van der Waals surface area contributed by atoms with Crippen LogP contribution in [-0.4, -0.2) is 53.5 Å². The van der Waals surface area contributed by atoms with Crippen LogP contribution >= 0.6 is 11.6 Å². The first kappa shape index (κ1) is 40.2. The molecule has 0 radical (unpaired) electrons. The predicted octanol–water partition coefficient (Wildman–Crippen LogP) is 8.02. The lowest BCUT2D eigenvalue weighted by Crippen LogP contribution is -2.27. The fourth-order valence-electron chi connectivity index (χ4n) is 7.10. The van der Waals surface area contributed by atoms with E-state index in [0.717, 1.165) is 62.2 Å². The molecule has 1 aliphatic rings. The number of nitriles is 1. The van der Waals surface area contributed by atoms with Crippen molar-refractivity contribution in [1.29, 1.82) is 5.26 Å². The number of halogens is 1. The maximum atomic E-state index is 11.5. The Hall–Kier alpha value is -5.44. The predicted molar refractivity (Wildman–Crippen MR) is 217 cm³/mol. The Morgan fingerprint density at radius 2 is 1.62 bits per heavy atom. The zero-order valence-electron chi connectivity index (χ0n) is 31.7. The summed E-state index contributed by atoms with van der Waals surface area (Å²) in [6.45, 7) is 6.98. The fraction of sp³-hybridized carbons (Fsp3) is 0.311. The van der Waals surface area contributed by atoms with Crippen molar-refractivity contribution in [3.8, 4) is 45.6 Å². The van der Waals surface area contributed by atoms with E-state index >= 15 is 0 Å². The van der Waals surface area contributed by atoms with Gasteiger partial charge in [0.25, 0.3) is 0 Å². The minimum Gasteiger partial charge on any atom is -0.492 e. The molecule has 10 nitrogen and oxygen atoms in total. The second-order valence-electron chi connectivity index (χ2n) is 14.0. The van der Waals surface area contributed by atoms with E-state index in [2.05, 4.69) is 78.0 Å². The summed E-state index contributed by atoms with van der Waals surface area (Å²) in [5.74, 6) is 0.739. The number of aromatic nitrogens is 1. The number of hydrogen-bond donors (Lipinski definition) is 4. The third-order valence-corrected chi connectivity index (χ3v) is 10.5. The molecular formula is C45H47ClN4O6. The molecule has 0 spiro atoms. The van der Waals surface area contributed by atoms with Crippen LogP contribution in [0.1, 0.15) is 52.6 Å². The molecule has 0 saturated heterocycles. The summed E-state index contributed by atoms with van der Waals surface area (Å²) in [4.78, 5) is 15.7. The number of pyridine rings is 1. The number of aliphatic hydroxyl groups excluding tert-OH is 1. The summed E-state index contributed by atoms with van der Waals surface area (Å²) in [5, 5.41) is 34.8. The third kappa shape index (κ3) is 10.2. The van der Waals surface area contributed by atoms with E-state index in [9.17, 15) is 15.2 Å². The molecule has 0 aliphatic heterocycles. The van der Waals surface area contributed by atoms with Gasteiger partial charge in [0.1, 0.15) is 43.1 Å². The summed E-state index contributed by atoms with van der Waals surface area (Å²) in [6.07, 6.45) is 5.17. The largest absolute Gasteiger partial charge is 0.492 e. The number of rotatable bonds is 18. The summed E-state index contributed by atoms with van der Waals surface area (Å²) in [7, 11) is 0. The topological polar surface area (TPSA) is 146 Å². The number of ether oxygens (including phenoxy) is 3. The van der Waals surface area contributed by atoms with Gasteiger partial charge in [-0.3, -0.25) is 9.78 Å². The van der Waals surface area contributed by atoms with Gasteiger partial charge in [-0.1, -0.05) is 60.1 Å². The van der Waals surface area contributed by atoms with Crippen LogP contribution in [0.5, 0.6) is 17.2 Å². The molecule has 11 heteroatoms. The van der Waals surface area contributed by atoms with Crippen LogP contribution in [0.15, 0.2) is 91.3 Å². The van der Waals surface area contributed by atoms with Gasteiger partial charge in [0, 0.05) is 55.3 Å². The van der Waals surface area contributed by atoms with Crippen molar-refractivity contribution in [3.63, 3.8) is 0 Å². The Morgan fingerprint density at radius 1 is 0.875 bits per heavy atom. The molecule has 0 amide bonds. The van der Waals surface area contributed by atoms with Crippen molar-refractivity contribution in [3.05, 3.63) is 130 Å². The number of carbonyl (C=O) groups is 1. The smallest absolute Gasteiger partial charge is 0.306 e. The highest BCUT2D eigenvalue weighted by molar-refractivity contribution is 6.32. The Labute approximate surface area is 333 Å². The number of benzene rings is 4. The highest BCUT2D eigenvalue weighted by Gasteiger charge is 2.29. The lowest BCUT2D eigenvalue weighted by atomic mass is 9.89. The van der Waals surface area contributed by atoms with Crippen molar-refractivity contribution in [1.82, 2.24) is 15.6 Å². The van der Waals surface area contributed by atoms with Crippen LogP contribution in [0.4, 0.5) is 0 Å². The monoisotopic (exact) mass is 774 g/mol. The number of carboxylic acids is 1. The quantitative estimate of drug-likeness (QED) is 0.0646. The molecule has 1 aliphatic carbocycles. The van der Waals surface area contributed by atoms with Gasteiger partial charge in [-0.05, 0) is 96.3 Å². The number of aliphatic carboxylic acids is 1. The molecule has 2 atom stereocenters. The average Bonchev–Trinajstić information content (AvgIpc) is 3.70. The van der Waals surface area contributed by atoms with Crippen LogP contribution < -0.4 is 24.8 Å². The zero-order chi connectivity index (χ0) is 39.4. The van der Waals surface area contributed by atoms with Gasteiger partial charge in [-0.2, -0.15) is 5.26 Å². The van der Waals surface area contributed by atoms with Crippen LogP contribution in [-0.2, 0) is 24.6 Å². The highest BCUT2D eigenvalue weighted by Crippen LogP contribution is 2.37.